The smallest absolute Gasteiger partial charge is 0.143 e. The standard InChI is InChI=1S/C25H26ClF/c1-2-3-17-6-11-22-20(14-17)9-10-21-15-18(7-12-23(21)22)4-5-19-8-13-24(26)25(27)16-19/h7-8,12-13,15-17,20,22H,2-3,6,9-11,14H2,1H3/t17-,20-,22+/m1/s1. The molecule has 4 rings (SSSR count). The highest BCUT2D eigenvalue weighted by atomic mass is 35.5. The summed E-state index contributed by atoms with van der Waals surface area (Å²) in [5.41, 5.74) is 4.70. The minimum atomic E-state index is -0.418. The van der Waals surface area contributed by atoms with Crippen LogP contribution in [0, 0.1) is 29.5 Å². The van der Waals surface area contributed by atoms with Gasteiger partial charge in [-0.3, -0.25) is 0 Å². The van der Waals surface area contributed by atoms with Crippen molar-refractivity contribution in [1.29, 1.82) is 0 Å². The fraction of sp³-hybridized carbons (Fsp3) is 0.440. The first kappa shape index (κ1) is 18.6. The van der Waals surface area contributed by atoms with Gasteiger partial charge < -0.3 is 0 Å². The van der Waals surface area contributed by atoms with E-state index in [2.05, 4.69) is 37.0 Å². The lowest BCUT2D eigenvalue weighted by molar-refractivity contribution is 0.201. The molecule has 140 valence electrons. The molecule has 2 aliphatic carbocycles. The summed E-state index contributed by atoms with van der Waals surface area (Å²) in [7, 11) is 0. The molecule has 2 heteroatoms. The second-order valence-electron chi connectivity index (χ2n) is 8.17. The van der Waals surface area contributed by atoms with Crippen LogP contribution in [0.15, 0.2) is 36.4 Å². The van der Waals surface area contributed by atoms with Crippen molar-refractivity contribution in [3.05, 3.63) is 69.5 Å². The first-order valence-corrected chi connectivity index (χ1v) is 10.6. The van der Waals surface area contributed by atoms with Crippen molar-refractivity contribution in [2.24, 2.45) is 11.8 Å². The number of fused-ring (bicyclic) bond motifs is 3. The van der Waals surface area contributed by atoms with Crippen LogP contribution >= 0.6 is 11.6 Å². The maximum atomic E-state index is 13.6. The average Bonchev–Trinajstić information content (AvgIpc) is 2.68. The Hall–Kier alpha value is -1.78. The normalized spacial score (nSPS) is 23.7. The van der Waals surface area contributed by atoms with E-state index in [4.69, 9.17) is 11.6 Å². The van der Waals surface area contributed by atoms with E-state index in [1.807, 2.05) is 0 Å². The summed E-state index contributed by atoms with van der Waals surface area (Å²) in [6.07, 6.45) is 9.35. The summed E-state index contributed by atoms with van der Waals surface area (Å²) >= 11 is 5.74. The van der Waals surface area contributed by atoms with Crippen molar-refractivity contribution >= 4 is 11.6 Å². The molecule has 2 aromatic carbocycles. The zero-order chi connectivity index (χ0) is 18.8. The lowest BCUT2D eigenvalue weighted by atomic mass is 9.64. The van der Waals surface area contributed by atoms with Gasteiger partial charge in [0.1, 0.15) is 5.82 Å². The van der Waals surface area contributed by atoms with Crippen LogP contribution in [0.4, 0.5) is 4.39 Å². The summed E-state index contributed by atoms with van der Waals surface area (Å²) in [4.78, 5) is 0. The number of rotatable bonds is 2. The zero-order valence-electron chi connectivity index (χ0n) is 15.9. The Kier molecular flexibility index (Phi) is 5.55. The molecule has 0 unspecified atom stereocenters. The van der Waals surface area contributed by atoms with Crippen LogP contribution in [0.3, 0.4) is 0 Å². The second kappa shape index (κ2) is 8.07. The SMILES string of the molecule is CCC[C@@H]1CC[C@@H]2c3ccc(C#Cc4ccc(Cl)c(F)c4)cc3CC[C@@H]2C1. The van der Waals surface area contributed by atoms with Crippen molar-refractivity contribution < 1.29 is 4.39 Å². The molecule has 0 radical (unpaired) electrons. The third kappa shape index (κ3) is 4.07. The zero-order valence-corrected chi connectivity index (χ0v) is 16.7. The molecule has 0 aromatic heterocycles. The summed E-state index contributed by atoms with van der Waals surface area (Å²) in [6.45, 7) is 2.31. The summed E-state index contributed by atoms with van der Waals surface area (Å²) in [6, 6.07) is 11.4. The van der Waals surface area contributed by atoms with Gasteiger partial charge >= 0.3 is 0 Å². The van der Waals surface area contributed by atoms with Crippen molar-refractivity contribution in [2.45, 2.75) is 57.8 Å². The van der Waals surface area contributed by atoms with E-state index in [1.165, 1.54) is 56.6 Å². The molecule has 1 saturated carbocycles. The highest BCUT2D eigenvalue weighted by molar-refractivity contribution is 6.30. The Bertz CT molecular complexity index is 889. The quantitative estimate of drug-likeness (QED) is 0.486. The van der Waals surface area contributed by atoms with E-state index in [0.29, 0.717) is 5.56 Å². The molecule has 2 aliphatic rings. The average molecular weight is 381 g/mol. The number of hydrogen-bond acceptors (Lipinski definition) is 0. The van der Waals surface area contributed by atoms with Crippen LogP contribution in [0.5, 0.6) is 0 Å². The molecule has 2 aromatic rings. The monoisotopic (exact) mass is 380 g/mol. The van der Waals surface area contributed by atoms with Crippen LogP contribution in [0.2, 0.25) is 5.02 Å². The Labute approximate surface area is 167 Å². The lowest BCUT2D eigenvalue weighted by Crippen LogP contribution is -2.28. The number of benzene rings is 2. The van der Waals surface area contributed by atoms with E-state index in [0.717, 1.165) is 23.3 Å². The van der Waals surface area contributed by atoms with Gasteiger partial charge in [-0.15, -0.1) is 0 Å². The summed E-state index contributed by atoms with van der Waals surface area (Å²) in [5.74, 6) is 8.40. The Morgan fingerprint density at radius 1 is 1.04 bits per heavy atom. The largest absolute Gasteiger partial charge is 0.205 e. The van der Waals surface area contributed by atoms with Crippen molar-refractivity contribution in [2.75, 3.05) is 0 Å². The molecule has 0 heterocycles. The number of halogens is 2. The summed E-state index contributed by atoms with van der Waals surface area (Å²) in [5, 5.41) is 0.137. The minimum Gasteiger partial charge on any atom is -0.205 e. The van der Waals surface area contributed by atoms with Gasteiger partial charge in [0.15, 0.2) is 0 Å². The Morgan fingerprint density at radius 3 is 2.59 bits per heavy atom. The fourth-order valence-corrected chi connectivity index (χ4v) is 5.20. The molecule has 0 N–H and O–H groups in total. The van der Waals surface area contributed by atoms with Gasteiger partial charge in [0, 0.05) is 11.1 Å². The lowest BCUT2D eigenvalue weighted by Gasteiger charge is -2.40. The maximum Gasteiger partial charge on any atom is 0.143 e. The highest BCUT2D eigenvalue weighted by Crippen LogP contribution is 2.47. The van der Waals surface area contributed by atoms with Crippen LogP contribution < -0.4 is 0 Å². The van der Waals surface area contributed by atoms with Gasteiger partial charge in [-0.25, -0.2) is 4.39 Å². The predicted molar refractivity (Wildman–Crippen MR) is 111 cm³/mol. The van der Waals surface area contributed by atoms with Crippen LogP contribution in [-0.4, -0.2) is 0 Å². The van der Waals surface area contributed by atoms with Crippen LogP contribution in [0.1, 0.15) is 73.6 Å². The van der Waals surface area contributed by atoms with Gasteiger partial charge in [-0.2, -0.15) is 0 Å². The van der Waals surface area contributed by atoms with E-state index in [1.54, 1.807) is 17.7 Å². The Balaban J connectivity index is 1.52. The predicted octanol–water partition coefficient (Wildman–Crippen LogP) is 7.13. The molecule has 3 atom stereocenters. The molecule has 0 bridgehead atoms. The van der Waals surface area contributed by atoms with E-state index < -0.39 is 5.82 Å². The topological polar surface area (TPSA) is 0 Å². The third-order valence-corrected chi connectivity index (χ3v) is 6.69. The number of hydrogen-bond donors (Lipinski definition) is 0. The van der Waals surface area contributed by atoms with Crippen LogP contribution in [0.25, 0.3) is 0 Å². The van der Waals surface area contributed by atoms with Gasteiger partial charge in [-0.05, 0) is 91.3 Å². The first-order chi connectivity index (χ1) is 13.1. The molecule has 0 saturated heterocycles. The number of aryl methyl sites for hydroxylation is 1. The maximum absolute atomic E-state index is 13.6. The molecule has 1 fully saturated rings. The molecular weight excluding hydrogens is 355 g/mol. The van der Waals surface area contributed by atoms with E-state index in [-0.39, 0.29) is 5.02 Å². The van der Waals surface area contributed by atoms with Gasteiger partial charge in [0.2, 0.25) is 0 Å². The molecule has 0 spiro atoms. The second-order valence-corrected chi connectivity index (χ2v) is 8.57. The fourth-order valence-electron chi connectivity index (χ4n) is 5.08. The summed E-state index contributed by atoms with van der Waals surface area (Å²) < 4.78 is 13.6. The highest BCUT2D eigenvalue weighted by Gasteiger charge is 2.34. The Morgan fingerprint density at radius 2 is 1.81 bits per heavy atom. The minimum absolute atomic E-state index is 0.137. The molecule has 27 heavy (non-hydrogen) atoms. The van der Waals surface area contributed by atoms with Crippen molar-refractivity contribution in [1.82, 2.24) is 0 Å². The van der Waals surface area contributed by atoms with Gasteiger partial charge in [0.05, 0.1) is 5.02 Å². The van der Waals surface area contributed by atoms with E-state index in [9.17, 15) is 4.39 Å². The molecule has 0 amide bonds. The third-order valence-electron chi connectivity index (χ3n) is 6.39. The van der Waals surface area contributed by atoms with Gasteiger partial charge in [-0.1, -0.05) is 49.3 Å². The molecule has 0 aliphatic heterocycles. The van der Waals surface area contributed by atoms with E-state index >= 15 is 0 Å². The van der Waals surface area contributed by atoms with Crippen LogP contribution in [-0.2, 0) is 6.42 Å². The van der Waals surface area contributed by atoms with Crippen molar-refractivity contribution in [3.63, 3.8) is 0 Å². The molecule has 0 nitrogen and oxygen atoms in total. The first-order valence-electron chi connectivity index (χ1n) is 10.2. The molecular formula is C25H26ClF. The van der Waals surface area contributed by atoms with Gasteiger partial charge in [0.25, 0.3) is 0 Å². The van der Waals surface area contributed by atoms with Crippen molar-refractivity contribution in [3.8, 4) is 11.8 Å².